The van der Waals surface area contributed by atoms with Gasteiger partial charge in [-0.3, -0.25) is 0 Å². The van der Waals surface area contributed by atoms with E-state index in [2.05, 4.69) is 44.9 Å². The predicted molar refractivity (Wildman–Crippen MR) is 55.9 cm³/mol. The number of hydrogen-bond acceptors (Lipinski definition) is 1. The van der Waals surface area contributed by atoms with Crippen LogP contribution in [-0.2, 0) is 6.42 Å². The normalized spacial score (nSPS) is 9.50. The number of benzene rings is 1. The molecule has 0 unspecified atom stereocenters. The minimum Gasteiger partial charge on any atom is -0.192 e. The van der Waals surface area contributed by atoms with E-state index in [1.54, 1.807) is 0 Å². The van der Waals surface area contributed by atoms with E-state index in [4.69, 9.17) is 5.26 Å². The highest BCUT2D eigenvalue weighted by Crippen LogP contribution is 2.27. The number of halogens is 2. The topological polar surface area (TPSA) is 23.8 Å². The van der Waals surface area contributed by atoms with Crippen molar-refractivity contribution in [2.24, 2.45) is 0 Å². The first-order valence-electron chi connectivity index (χ1n) is 3.57. The molecule has 12 heavy (non-hydrogen) atoms. The zero-order chi connectivity index (χ0) is 9.14. The third kappa shape index (κ3) is 1.88. The molecule has 0 N–H and O–H groups in total. The molecule has 0 heterocycles. The standard InChI is InChI=1S/C9H7Br2N/c1-2-7-8(10)3-6(5-12)4-9(7)11/h3-4H,2H2,1H3. The Kier molecular flexibility index (Phi) is 3.30. The van der Waals surface area contributed by atoms with E-state index in [1.165, 1.54) is 5.56 Å². The van der Waals surface area contributed by atoms with Crippen molar-refractivity contribution in [2.45, 2.75) is 13.3 Å². The van der Waals surface area contributed by atoms with Crippen molar-refractivity contribution in [3.63, 3.8) is 0 Å². The highest BCUT2D eigenvalue weighted by Gasteiger charge is 2.04. The second kappa shape index (κ2) is 4.06. The number of nitrogens with zero attached hydrogens (tertiary/aromatic N) is 1. The first-order valence-corrected chi connectivity index (χ1v) is 5.15. The van der Waals surface area contributed by atoms with Gasteiger partial charge in [0, 0.05) is 8.95 Å². The lowest BCUT2D eigenvalue weighted by molar-refractivity contribution is 1.11. The van der Waals surface area contributed by atoms with Crippen LogP contribution in [0.15, 0.2) is 21.1 Å². The third-order valence-electron chi connectivity index (χ3n) is 1.62. The van der Waals surface area contributed by atoms with E-state index in [0.717, 1.165) is 15.4 Å². The predicted octanol–water partition coefficient (Wildman–Crippen LogP) is 3.65. The van der Waals surface area contributed by atoms with Gasteiger partial charge >= 0.3 is 0 Å². The van der Waals surface area contributed by atoms with Crippen molar-refractivity contribution in [3.05, 3.63) is 32.2 Å². The number of nitriles is 1. The largest absolute Gasteiger partial charge is 0.192 e. The molecule has 1 aromatic rings. The van der Waals surface area contributed by atoms with E-state index in [0.29, 0.717) is 5.56 Å². The fourth-order valence-electron chi connectivity index (χ4n) is 1.01. The molecule has 62 valence electrons. The molecule has 0 fully saturated rings. The summed E-state index contributed by atoms with van der Waals surface area (Å²) in [5, 5.41) is 8.66. The molecule has 0 radical (unpaired) electrons. The van der Waals surface area contributed by atoms with E-state index in [1.807, 2.05) is 12.1 Å². The molecule has 0 aliphatic heterocycles. The highest BCUT2D eigenvalue weighted by atomic mass is 79.9. The van der Waals surface area contributed by atoms with Crippen molar-refractivity contribution in [1.82, 2.24) is 0 Å². The molecule has 0 aliphatic carbocycles. The average molecular weight is 289 g/mol. The molecule has 3 heteroatoms. The van der Waals surface area contributed by atoms with Crippen LogP contribution >= 0.6 is 31.9 Å². The molecule has 0 aliphatic rings. The van der Waals surface area contributed by atoms with Crippen molar-refractivity contribution < 1.29 is 0 Å². The summed E-state index contributed by atoms with van der Waals surface area (Å²) in [6.07, 6.45) is 0.951. The Morgan fingerprint density at radius 1 is 1.33 bits per heavy atom. The van der Waals surface area contributed by atoms with Crippen LogP contribution in [0.5, 0.6) is 0 Å². The minimum atomic E-state index is 0.672. The summed E-state index contributed by atoms with van der Waals surface area (Å²) < 4.78 is 1.99. The Morgan fingerprint density at radius 3 is 2.17 bits per heavy atom. The molecule has 0 aromatic heterocycles. The Labute approximate surface area is 88.7 Å². The average Bonchev–Trinajstić information content (AvgIpc) is 2.03. The molecular formula is C9H7Br2N. The molecule has 0 amide bonds. The zero-order valence-electron chi connectivity index (χ0n) is 6.56. The zero-order valence-corrected chi connectivity index (χ0v) is 9.74. The second-order valence-corrected chi connectivity index (χ2v) is 4.09. The summed E-state index contributed by atoms with van der Waals surface area (Å²) in [5.74, 6) is 0. The van der Waals surface area contributed by atoms with Gasteiger partial charge in [0.1, 0.15) is 0 Å². The van der Waals surface area contributed by atoms with Gasteiger partial charge in [-0.25, -0.2) is 0 Å². The van der Waals surface area contributed by atoms with Crippen LogP contribution in [0, 0.1) is 11.3 Å². The third-order valence-corrected chi connectivity index (χ3v) is 3.04. The lowest BCUT2D eigenvalue weighted by atomic mass is 10.1. The summed E-state index contributed by atoms with van der Waals surface area (Å²) in [6.45, 7) is 2.08. The van der Waals surface area contributed by atoms with Gasteiger partial charge in [-0.1, -0.05) is 38.8 Å². The first-order chi connectivity index (χ1) is 5.69. The molecular weight excluding hydrogens is 282 g/mol. The van der Waals surface area contributed by atoms with Gasteiger partial charge in [-0.2, -0.15) is 5.26 Å². The molecule has 1 nitrogen and oxygen atoms in total. The van der Waals surface area contributed by atoms with Crippen LogP contribution in [0.3, 0.4) is 0 Å². The lowest BCUT2D eigenvalue weighted by Gasteiger charge is -2.04. The Bertz CT molecular complexity index is 316. The SMILES string of the molecule is CCc1c(Br)cc(C#N)cc1Br. The second-order valence-electron chi connectivity index (χ2n) is 2.38. The van der Waals surface area contributed by atoms with E-state index in [9.17, 15) is 0 Å². The quantitative estimate of drug-likeness (QED) is 0.774. The molecule has 0 spiro atoms. The molecule has 1 aromatic carbocycles. The highest BCUT2D eigenvalue weighted by molar-refractivity contribution is 9.11. The van der Waals surface area contributed by atoms with Gasteiger partial charge in [0.25, 0.3) is 0 Å². The Morgan fingerprint density at radius 2 is 1.83 bits per heavy atom. The van der Waals surface area contributed by atoms with Crippen molar-refractivity contribution in [1.29, 1.82) is 5.26 Å². The Balaban J connectivity index is 3.30. The molecule has 1 rings (SSSR count). The van der Waals surface area contributed by atoms with Gasteiger partial charge in [-0.05, 0) is 24.1 Å². The van der Waals surface area contributed by atoms with E-state index >= 15 is 0 Å². The van der Waals surface area contributed by atoms with Crippen molar-refractivity contribution in [2.75, 3.05) is 0 Å². The van der Waals surface area contributed by atoms with Gasteiger partial charge in [0.05, 0.1) is 11.6 Å². The van der Waals surface area contributed by atoms with Crippen LogP contribution in [0.4, 0.5) is 0 Å². The van der Waals surface area contributed by atoms with Gasteiger partial charge in [-0.15, -0.1) is 0 Å². The summed E-state index contributed by atoms with van der Waals surface area (Å²) in [6, 6.07) is 5.77. The summed E-state index contributed by atoms with van der Waals surface area (Å²) in [7, 11) is 0. The summed E-state index contributed by atoms with van der Waals surface area (Å²) >= 11 is 6.84. The monoisotopic (exact) mass is 287 g/mol. The van der Waals surface area contributed by atoms with Crippen LogP contribution in [0.2, 0.25) is 0 Å². The van der Waals surface area contributed by atoms with Crippen LogP contribution in [0.1, 0.15) is 18.1 Å². The molecule has 0 bridgehead atoms. The Hall–Kier alpha value is -0.330. The van der Waals surface area contributed by atoms with Crippen molar-refractivity contribution >= 4 is 31.9 Å². The minimum absolute atomic E-state index is 0.672. The van der Waals surface area contributed by atoms with Gasteiger partial charge in [0.15, 0.2) is 0 Å². The molecule has 0 saturated carbocycles. The molecule has 0 saturated heterocycles. The fraction of sp³-hybridized carbons (Fsp3) is 0.222. The van der Waals surface area contributed by atoms with Crippen molar-refractivity contribution in [3.8, 4) is 6.07 Å². The maximum atomic E-state index is 8.66. The summed E-state index contributed by atoms with van der Waals surface area (Å²) in [5.41, 5.74) is 1.87. The van der Waals surface area contributed by atoms with Crippen LogP contribution < -0.4 is 0 Å². The van der Waals surface area contributed by atoms with E-state index in [-0.39, 0.29) is 0 Å². The summed E-state index contributed by atoms with van der Waals surface area (Å²) in [4.78, 5) is 0. The molecule has 0 atom stereocenters. The smallest absolute Gasteiger partial charge is 0.0992 e. The lowest BCUT2D eigenvalue weighted by Crippen LogP contribution is -1.86. The number of rotatable bonds is 1. The van der Waals surface area contributed by atoms with Gasteiger partial charge in [0.2, 0.25) is 0 Å². The van der Waals surface area contributed by atoms with Crippen LogP contribution in [0.25, 0.3) is 0 Å². The van der Waals surface area contributed by atoms with Crippen LogP contribution in [-0.4, -0.2) is 0 Å². The van der Waals surface area contributed by atoms with E-state index < -0.39 is 0 Å². The fourth-order valence-corrected chi connectivity index (χ4v) is 2.75. The first kappa shape index (κ1) is 9.76. The maximum absolute atomic E-state index is 8.66. The van der Waals surface area contributed by atoms with Gasteiger partial charge < -0.3 is 0 Å². The maximum Gasteiger partial charge on any atom is 0.0992 e. The number of hydrogen-bond donors (Lipinski definition) is 0.